The van der Waals surface area contributed by atoms with Gasteiger partial charge in [0, 0.05) is 54.8 Å². The maximum Gasteiger partial charge on any atom is 1.00 e. The van der Waals surface area contributed by atoms with Gasteiger partial charge in [0.05, 0.1) is 38.3 Å². The number of hydrogen-bond donors (Lipinski definition) is 4. The second-order valence-electron chi connectivity index (χ2n) is 15.3. The molecular weight excluding hydrogens is 987 g/mol. The molecule has 0 aliphatic carbocycles. The van der Waals surface area contributed by atoms with Gasteiger partial charge in [-0.3, -0.25) is 14.4 Å². The zero-order valence-electron chi connectivity index (χ0n) is 38.3. The predicted octanol–water partition coefficient (Wildman–Crippen LogP) is -6.21. The van der Waals surface area contributed by atoms with Crippen molar-refractivity contribution in [3.63, 3.8) is 0 Å². The van der Waals surface area contributed by atoms with Crippen molar-refractivity contribution in [1.29, 1.82) is 0 Å². The number of aryl methyl sites for hydroxylation is 2. The number of carbonyl (C=O) groups excluding carboxylic acids is 3. The van der Waals surface area contributed by atoms with E-state index in [0.29, 0.717) is 6.42 Å². The minimum atomic E-state index is -4.70. The molecule has 2 aliphatic heterocycles. The minimum Gasteiger partial charge on any atom is -0.748 e. The summed E-state index contributed by atoms with van der Waals surface area (Å²) in [6.45, 7) is 7.52. The zero-order chi connectivity index (χ0) is 49.9. The van der Waals surface area contributed by atoms with Crippen LogP contribution < -0.4 is 79.8 Å². The quantitative estimate of drug-likeness (QED) is 0.0318. The second kappa shape index (κ2) is 24.7. The van der Waals surface area contributed by atoms with Gasteiger partial charge in [-0.2, -0.15) is 0 Å². The van der Waals surface area contributed by atoms with Gasteiger partial charge in [0.25, 0.3) is 0 Å². The second-order valence-corrected chi connectivity index (χ2v) is 18.1. The Kier molecular flexibility index (Phi) is 21.4. The van der Waals surface area contributed by atoms with Gasteiger partial charge >= 0.3 is 88.3 Å². The largest absolute Gasteiger partial charge is 1.00 e. The molecule has 4 heterocycles. The number of carbonyl (C=O) groups is 3. The molecule has 0 radical (unpaired) electrons. The Balaban J connectivity index is 0.000000367. The van der Waals surface area contributed by atoms with Crippen LogP contribution in [0.15, 0.2) is 54.8 Å². The van der Waals surface area contributed by atoms with Crippen LogP contribution in [0.1, 0.15) is 56.4 Å². The SMILES string of the molecule is CCC1O[C@@H](Oc2ccc3c(CS(=O)(=O)[O-])cc(=O)oc3c2C)C(OC(C)=O)[C@H](OC(C)=O)[C@H]1OC(C)=O.Cc1c(O[C@@H]2OC(CO)[C@H](O)[C@@H](O)C2O)ccc2c(CS(=O)(=O)[O-])cc(=O)oc12.[Na+].[Na+]. The maximum atomic E-state index is 12.1. The molecule has 2 aromatic heterocycles. The summed E-state index contributed by atoms with van der Waals surface area (Å²) in [7, 11) is -9.35. The monoisotopic (exact) mass is 1030 g/mol. The van der Waals surface area contributed by atoms with Crippen molar-refractivity contribution < 1.29 is 162 Å². The van der Waals surface area contributed by atoms with Crippen LogP contribution in [0.2, 0.25) is 0 Å². The molecule has 0 amide bonds. The molecule has 28 heteroatoms. The van der Waals surface area contributed by atoms with Crippen molar-refractivity contribution in [1.82, 2.24) is 0 Å². The summed E-state index contributed by atoms with van der Waals surface area (Å²) in [5, 5.41) is 39.4. The smallest absolute Gasteiger partial charge is 0.748 e. The van der Waals surface area contributed by atoms with Crippen LogP contribution >= 0.6 is 0 Å². The first-order chi connectivity index (χ1) is 31.2. The van der Waals surface area contributed by atoms with E-state index in [1.54, 1.807) is 6.92 Å². The van der Waals surface area contributed by atoms with Crippen LogP contribution in [0.3, 0.4) is 0 Å². The van der Waals surface area contributed by atoms with Crippen LogP contribution in [-0.4, -0.2) is 132 Å². The van der Waals surface area contributed by atoms with Crippen molar-refractivity contribution >= 4 is 60.1 Å². The molecule has 2 aromatic carbocycles. The number of benzene rings is 2. The van der Waals surface area contributed by atoms with Crippen LogP contribution in [0, 0.1) is 13.8 Å². The molecule has 10 atom stereocenters. The molecule has 69 heavy (non-hydrogen) atoms. The van der Waals surface area contributed by atoms with Crippen molar-refractivity contribution in [2.45, 2.75) is 121 Å². The average molecular weight is 1030 g/mol. The Morgan fingerprint density at radius 1 is 0.623 bits per heavy atom. The summed E-state index contributed by atoms with van der Waals surface area (Å²) in [6.07, 6.45) is -13.1. The molecule has 2 fully saturated rings. The van der Waals surface area contributed by atoms with Crippen molar-refractivity contribution in [2.24, 2.45) is 0 Å². The number of ether oxygens (including phenoxy) is 7. The number of esters is 3. The third kappa shape index (κ3) is 15.2. The molecule has 0 saturated carbocycles. The van der Waals surface area contributed by atoms with Crippen LogP contribution in [0.4, 0.5) is 0 Å². The number of fused-ring (bicyclic) bond motifs is 2. The van der Waals surface area contributed by atoms with Gasteiger partial charge in [-0.25, -0.2) is 26.4 Å². The van der Waals surface area contributed by atoms with E-state index < -0.39 is 129 Å². The molecule has 4 unspecified atom stereocenters. The Hall–Kier alpha value is -3.55. The molecule has 2 saturated heterocycles. The van der Waals surface area contributed by atoms with E-state index in [0.717, 1.165) is 26.0 Å². The van der Waals surface area contributed by atoms with E-state index in [2.05, 4.69) is 0 Å². The van der Waals surface area contributed by atoms with Crippen molar-refractivity contribution in [3.05, 3.63) is 79.5 Å². The van der Waals surface area contributed by atoms with Gasteiger partial charge in [0.15, 0.2) is 12.2 Å². The molecule has 6 rings (SSSR count). The fourth-order valence-corrected chi connectivity index (χ4v) is 8.62. The summed E-state index contributed by atoms with van der Waals surface area (Å²) in [4.78, 5) is 59.5. The summed E-state index contributed by atoms with van der Waals surface area (Å²) < 4.78 is 117. The van der Waals surface area contributed by atoms with Crippen LogP contribution in [0.25, 0.3) is 21.9 Å². The zero-order valence-corrected chi connectivity index (χ0v) is 44.0. The summed E-state index contributed by atoms with van der Waals surface area (Å²) in [6, 6.07) is 7.39. The fraction of sp³-hybridized carbons (Fsp3) is 0.488. The summed E-state index contributed by atoms with van der Waals surface area (Å²) in [5.41, 5.74) is -1.41. The first-order valence-electron chi connectivity index (χ1n) is 20.0. The molecule has 2 aliphatic rings. The topological polar surface area (TPSA) is 372 Å². The fourth-order valence-electron chi connectivity index (χ4n) is 7.38. The molecule has 24 nitrogen and oxygen atoms in total. The van der Waals surface area contributed by atoms with Crippen molar-refractivity contribution in [3.8, 4) is 11.5 Å². The maximum absolute atomic E-state index is 12.1. The predicted molar refractivity (Wildman–Crippen MR) is 222 cm³/mol. The molecule has 4 aromatic rings. The molecule has 4 N–H and O–H groups in total. The Labute approximate surface area is 437 Å². The molecular formula is C41H46Na2O24S2. The van der Waals surface area contributed by atoms with Gasteiger partial charge in [0.2, 0.25) is 18.7 Å². The average Bonchev–Trinajstić information content (AvgIpc) is 3.21. The van der Waals surface area contributed by atoms with E-state index in [1.807, 2.05) is 0 Å². The number of aliphatic hydroxyl groups is 4. The van der Waals surface area contributed by atoms with E-state index in [9.17, 15) is 70.3 Å². The van der Waals surface area contributed by atoms with Gasteiger partial charge < -0.3 is 71.5 Å². The summed E-state index contributed by atoms with van der Waals surface area (Å²) >= 11 is 0. The minimum absolute atomic E-state index is 0. The van der Waals surface area contributed by atoms with E-state index in [-0.39, 0.29) is 115 Å². The molecule has 0 bridgehead atoms. The molecule has 0 spiro atoms. The number of rotatable bonds is 13. The number of hydrogen-bond acceptors (Lipinski definition) is 24. The Morgan fingerprint density at radius 2 is 1.03 bits per heavy atom. The number of aliphatic hydroxyl groups excluding tert-OH is 4. The van der Waals surface area contributed by atoms with Gasteiger partial charge in [0.1, 0.15) is 53.2 Å². The van der Waals surface area contributed by atoms with E-state index in [1.165, 1.54) is 45.0 Å². The van der Waals surface area contributed by atoms with Gasteiger partial charge in [-0.1, -0.05) is 6.92 Å². The van der Waals surface area contributed by atoms with Gasteiger partial charge in [-0.05, 0) is 55.7 Å². The third-order valence-electron chi connectivity index (χ3n) is 10.3. The van der Waals surface area contributed by atoms with Gasteiger partial charge in [-0.15, -0.1) is 0 Å². The van der Waals surface area contributed by atoms with Crippen molar-refractivity contribution in [2.75, 3.05) is 6.61 Å². The third-order valence-corrected chi connectivity index (χ3v) is 11.6. The first-order valence-corrected chi connectivity index (χ1v) is 23.2. The van der Waals surface area contributed by atoms with Crippen LogP contribution in [0.5, 0.6) is 11.5 Å². The summed E-state index contributed by atoms with van der Waals surface area (Å²) in [5.74, 6) is -3.84. The normalized spacial score (nSPS) is 24.6. The standard InChI is InChI=1S/C24H28O13S.C17H20O11S.2Na/c1-6-17-21(32-12(3)25)22(33-13(4)26)23(34-14(5)27)24(35-17)36-18-8-7-16-15(10-38(29,30)31)9-19(28)37-20(16)11(18)2;1-7-10(26-17-15(22)14(21)13(20)11(5-18)27-17)3-2-9-8(6-29(23,24)25)4-12(19)28-16(7)9;;/h7-9,17,21-24H,6,10H2,1-5H3,(H,29,30,31);2-4,11,13-15,17-18,20-22H,5-6H2,1H3,(H,23,24,25);;/q;;2*+1/p-2/t17?,21-,22+,23?,24-;11?,13-,14+,15?,17+;;/m00../s1. The Bertz CT molecular complexity index is 2850. The van der Waals surface area contributed by atoms with E-state index in [4.69, 9.17) is 42.0 Å². The first kappa shape index (κ1) is 59.8. The van der Waals surface area contributed by atoms with Crippen LogP contribution in [-0.2, 0) is 69.8 Å². The molecule has 368 valence electrons. The van der Waals surface area contributed by atoms with E-state index >= 15 is 0 Å². The Morgan fingerprint density at radius 3 is 1.43 bits per heavy atom.